The van der Waals surface area contributed by atoms with Gasteiger partial charge in [-0.2, -0.15) is 10.2 Å². The van der Waals surface area contributed by atoms with Gasteiger partial charge >= 0.3 is 0 Å². The standard InChI is InChI=1S/C42H38N4O4/c1-47-39-21-13-35(14-22-39)45(36-15-23-40(48-2)24-16-36)33-9-5-31(6-10-33)29-43-44-30-32-7-11-34(12-8-32)46(37-17-25-41(49-3)26-18-37)38-19-27-42(50-4)28-20-38/h5-30H,1-4H3/b43-29+,44-30+. The number of methoxy groups -OCH3 is 4. The summed E-state index contributed by atoms with van der Waals surface area (Å²) in [5, 5.41) is 8.64. The summed E-state index contributed by atoms with van der Waals surface area (Å²) in [5.74, 6) is 3.21. The molecule has 8 heteroatoms. The maximum absolute atomic E-state index is 5.37. The highest BCUT2D eigenvalue weighted by Crippen LogP contribution is 2.37. The van der Waals surface area contributed by atoms with E-state index in [-0.39, 0.29) is 0 Å². The molecule has 0 unspecified atom stereocenters. The van der Waals surface area contributed by atoms with Gasteiger partial charge in [0.1, 0.15) is 23.0 Å². The van der Waals surface area contributed by atoms with Crippen molar-refractivity contribution in [2.45, 2.75) is 0 Å². The van der Waals surface area contributed by atoms with Gasteiger partial charge in [0, 0.05) is 34.1 Å². The highest BCUT2D eigenvalue weighted by atomic mass is 16.5. The largest absolute Gasteiger partial charge is 0.497 e. The lowest BCUT2D eigenvalue weighted by molar-refractivity contribution is 0.414. The number of rotatable bonds is 13. The summed E-state index contributed by atoms with van der Waals surface area (Å²) in [6, 6.07) is 48.3. The molecule has 0 amide bonds. The lowest BCUT2D eigenvalue weighted by Crippen LogP contribution is -2.10. The number of hydrogen-bond acceptors (Lipinski definition) is 8. The topological polar surface area (TPSA) is 68.1 Å². The summed E-state index contributed by atoms with van der Waals surface area (Å²) in [4.78, 5) is 4.35. The van der Waals surface area contributed by atoms with Crippen molar-refractivity contribution in [2.24, 2.45) is 10.2 Å². The van der Waals surface area contributed by atoms with E-state index in [1.54, 1.807) is 40.9 Å². The van der Waals surface area contributed by atoms with Gasteiger partial charge in [-0.25, -0.2) is 0 Å². The van der Waals surface area contributed by atoms with Crippen LogP contribution in [0.1, 0.15) is 11.1 Å². The molecule has 0 aromatic heterocycles. The Morgan fingerprint density at radius 3 is 0.720 bits per heavy atom. The van der Waals surface area contributed by atoms with Gasteiger partial charge in [-0.1, -0.05) is 24.3 Å². The average Bonchev–Trinajstić information content (AvgIpc) is 3.19. The van der Waals surface area contributed by atoms with Crippen LogP contribution >= 0.6 is 0 Å². The second-order valence-corrected chi connectivity index (χ2v) is 11.1. The van der Waals surface area contributed by atoms with Crippen molar-refractivity contribution in [1.29, 1.82) is 0 Å². The first-order valence-electron chi connectivity index (χ1n) is 16.0. The maximum Gasteiger partial charge on any atom is 0.119 e. The number of benzene rings is 6. The molecule has 0 heterocycles. The minimum atomic E-state index is 0.801. The third-order valence-electron chi connectivity index (χ3n) is 8.11. The van der Waals surface area contributed by atoms with Gasteiger partial charge in [-0.3, -0.25) is 0 Å². The minimum Gasteiger partial charge on any atom is -0.497 e. The molecule has 0 spiro atoms. The van der Waals surface area contributed by atoms with Gasteiger partial charge in [0.25, 0.3) is 0 Å². The molecule has 0 N–H and O–H groups in total. The normalized spacial score (nSPS) is 11.0. The first kappa shape index (κ1) is 33.4. The summed E-state index contributed by atoms with van der Waals surface area (Å²) >= 11 is 0. The lowest BCUT2D eigenvalue weighted by atomic mass is 10.1. The van der Waals surface area contributed by atoms with Crippen molar-refractivity contribution >= 4 is 46.6 Å². The van der Waals surface area contributed by atoms with Crippen LogP contribution in [0.4, 0.5) is 34.1 Å². The third-order valence-corrected chi connectivity index (χ3v) is 8.11. The summed E-state index contributed by atoms with van der Waals surface area (Å²) in [6.45, 7) is 0. The van der Waals surface area contributed by atoms with Gasteiger partial charge < -0.3 is 28.7 Å². The molecule has 6 aromatic carbocycles. The summed E-state index contributed by atoms with van der Waals surface area (Å²) in [7, 11) is 6.66. The number of nitrogens with zero attached hydrogens (tertiary/aromatic N) is 4. The Bertz CT molecular complexity index is 1760. The van der Waals surface area contributed by atoms with Crippen molar-refractivity contribution < 1.29 is 18.9 Å². The fourth-order valence-corrected chi connectivity index (χ4v) is 5.44. The molecule has 6 rings (SSSR count). The summed E-state index contributed by atoms with van der Waals surface area (Å²) in [5.41, 5.74) is 7.88. The molecule has 0 saturated carbocycles. The molecule has 0 aliphatic rings. The van der Waals surface area contributed by atoms with Crippen molar-refractivity contribution in [3.05, 3.63) is 157 Å². The second-order valence-electron chi connectivity index (χ2n) is 11.1. The van der Waals surface area contributed by atoms with Crippen molar-refractivity contribution in [3.8, 4) is 23.0 Å². The van der Waals surface area contributed by atoms with Crippen LogP contribution in [0.15, 0.2) is 156 Å². The Balaban J connectivity index is 1.17. The van der Waals surface area contributed by atoms with Crippen LogP contribution in [0, 0.1) is 0 Å². The fourth-order valence-electron chi connectivity index (χ4n) is 5.44. The van der Waals surface area contributed by atoms with E-state index in [2.05, 4.69) is 44.3 Å². The van der Waals surface area contributed by atoms with E-state index in [4.69, 9.17) is 18.9 Å². The molecule has 0 aliphatic heterocycles. The highest BCUT2D eigenvalue weighted by molar-refractivity contribution is 5.85. The molecule has 0 radical (unpaired) electrons. The average molecular weight is 663 g/mol. The van der Waals surface area contributed by atoms with Crippen LogP contribution in [-0.2, 0) is 0 Å². The molecule has 6 aromatic rings. The van der Waals surface area contributed by atoms with Gasteiger partial charge in [0.2, 0.25) is 0 Å². The Morgan fingerprint density at radius 1 is 0.320 bits per heavy atom. The third kappa shape index (κ3) is 7.94. The summed E-state index contributed by atoms with van der Waals surface area (Å²) in [6.07, 6.45) is 3.49. The van der Waals surface area contributed by atoms with Crippen LogP contribution in [0.3, 0.4) is 0 Å². The highest BCUT2D eigenvalue weighted by Gasteiger charge is 2.14. The smallest absolute Gasteiger partial charge is 0.119 e. The Hall–Kier alpha value is -6.54. The Morgan fingerprint density at radius 2 is 0.520 bits per heavy atom. The molecule has 0 atom stereocenters. The van der Waals surface area contributed by atoms with Gasteiger partial charge in [0.15, 0.2) is 0 Å². The Kier molecular flexibility index (Phi) is 10.7. The van der Waals surface area contributed by atoms with E-state index in [0.29, 0.717) is 0 Å². The monoisotopic (exact) mass is 662 g/mol. The van der Waals surface area contributed by atoms with Crippen molar-refractivity contribution in [3.63, 3.8) is 0 Å². The molecular formula is C42H38N4O4. The molecule has 0 fully saturated rings. The number of hydrogen-bond donors (Lipinski definition) is 0. The molecule has 8 nitrogen and oxygen atoms in total. The number of anilines is 6. The van der Waals surface area contributed by atoms with E-state index in [1.165, 1.54) is 0 Å². The van der Waals surface area contributed by atoms with Crippen molar-refractivity contribution in [1.82, 2.24) is 0 Å². The second kappa shape index (κ2) is 16.0. The number of ether oxygens (including phenoxy) is 4. The van der Waals surface area contributed by atoms with Crippen molar-refractivity contribution in [2.75, 3.05) is 38.2 Å². The van der Waals surface area contributed by atoms with Crippen LogP contribution in [-0.4, -0.2) is 40.9 Å². The predicted octanol–water partition coefficient (Wildman–Crippen LogP) is 10.1. The lowest BCUT2D eigenvalue weighted by Gasteiger charge is -2.26. The minimum absolute atomic E-state index is 0.801. The van der Waals surface area contributed by atoms with Gasteiger partial charge in [0.05, 0.1) is 40.9 Å². The quantitative estimate of drug-likeness (QED) is 0.0906. The molecule has 0 aliphatic carbocycles. The fraction of sp³-hybridized carbons (Fsp3) is 0.0952. The van der Waals surface area contributed by atoms with Gasteiger partial charge in [-0.15, -0.1) is 0 Å². The first-order chi connectivity index (χ1) is 24.6. The molecule has 0 bridgehead atoms. The van der Waals surface area contributed by atoms with Gasteiger partial charge in [-0.05, 0) is 132 Å². The van der Waals surface area contributed by atoms with E-state index in [9.17, 15) is 0 Å². The van der Waals surface area contributed by atoms with E-state index < -0.39 is 0 Å². The Labute approximate surface area is 293 Å². The van der Waals surface area contributed by atoms with Crippen LogP contribution in [0.25, 0.3) is 0 Å². The van der Waals surface area contributed by atoms with E-state index in [1.807, 2.05) is 121 Å². The maximum atomic E-state index is 5.37. The SMILES string of the molecule is COc1ccc(N(c2ccc(/C=N/N=C/c3ccc(N(c4ccc(OC)cc4)c4ccc(OC)cc4)cc3)cc2)c2ccc(OC)cc2)cc1. The first-order valence-corrected chi connectivity index (χ1v) is 16.0. The summed E-state index contributed by atoms with van der Waals surface area (Å²) < 4.78 is 21.5. The molecule has 50 heavy (non-hydrogen) atoms. The van der Waals surface area contributed by atoms with E-state index >= 15 is 0 Å². The predicted molar refractivity (Wildman–Crippen MR) is 204 cm³/mol. The van der Waals surface area contributed by atoms with Crippen LogP contribution in [0.2, 0.25) is 0 Å². The van der Waals surface area contributed by atoms with Crippen LogP contribution < -0.4 is 28.7 Å². The zero-order valence-corrected chi connectivity index (χ0v) is 28.4. The zero-order valence-electron chi connectivity index (χ0n) is 28.4. The molecular weight excluding hydrogens is 624 g/mol. The molecule has 0 saturated heterocycles. The van der Waals surface area contributed by atoms with Crippen LogP contribution in [0.5, 0.6) is 23.0 Å². The molecule has 250 valence electrons. The van der Waals surface area contributed by atoms with E-state index in [0.717, 1.165) is 68.2 Å². The zero-order chi connectivity index (χ0) is 34.7.